The van der Waals surface area contributed by atoms with Crippen LogP contribution in [0.15, 0.2) is 4.47 Å². The first-order chi connectivity index (χ1) is 8.93. The van der Waals surface area contributed by atoms with Gasteiger partial charge in [0.05, 0.1) is 22.4 Å². The molecule has 1 aliphatic rings. The summed E-state index contributed by atoms with van der Waals surface area (Å²) in [6, 6.07) is -0.459. The Balaban J connectivity index is 2.23. The lowest BCUT2D eigenvalue weighted by molar-refractivity contribution is -0.144. The largest absolute Gasteiger partial charge is 0.343 e. The van der Waals surface area contributed by atoms with E-state index in [9.17, 15) is 9.59 Å². The maximum Gasteiger partial charge on any atom is 0.245 e. The Labute approximate surface area is 120 Å². The van der Waals surface area contributed by atoms with E-state index in [1.165, 1.54) is 0 Å². The van der Waals surface area contributed by atoms with Crippen molar-refractivity contribution < 1.29 is 9.59 Å². The van der Waals surface area contributed by atoms with Gasteiger partial charge in [-0.25, -0.2) is 0 Å². The van der Waals surface area contributed by atoms with Gasteiger partial charge in [0.25, 0.3) is 0 Å². The third-order valence-electron chi connectivity index (χ3n) is 3.24. The predicted molar refractivity (Wildman–Crippen MR) is 73.3 cm³/mol. The van der Waals surface area contributed by atoms with Gasteiger partial charge >= 0.3 is 0 Å². The van der Waals surface area contributed by atoms with Gasteiger partial charge in [-0.2, -0.15) is 5.10 Å². The van der Waals surface area contributed by atoms with Crippen molar-refractivity contribution in [3.63, 3.8) is 0 Å². The molecule has 1 atom stereocenters. The molecule has 1 unspecified atom stereocenters. The second-order valence-corrected chi connectivity index (χ2v) is 5.46. The van der Waals surface area contributed by atoms with Gasteiger partial charge in [-0.05, 0) is 29.3 Å². The second-order valence-electron chi connectivity index (χ2n) is 4.67. The number of rotatable bonds is 3. The number of amides is 2. The number of nitrogens with one attached hydrogen (secondary N) is 1. The lowest BCUT2D eigenvalue weighted by atomic mass is 10.2. The minimum atomic E-state index is -0.459. The summed E-state index contributed by atoms with van der Waals surface area (Å²) in [5.41, 5.74) is 1.87. The van der Waals surface area contributed by atoms with E-state index in [1.54, 1.807) is 16.5 Å². The Morgan fingerprint density at radius 2 is 2.16 bits per heavy atom. The quantitative estimate of drug-likeness (QED) is 0.883. The minimum Gasteiger partial charge on any atom is -0.343 e. The number of aryl methyl sites for hydroxylation is 2. The zero-order valence-electron chi connectivity index (χ0n) is 11.2. The highest BCUT2D eigenvalue weighted by Gasteiger charge is 2.30. The van der Waals surface area contributed by atoms with Gasteiger partial charge in [0, 0.05) is 7.05 Å². The molecule has 0 aliphatic carbocycles. The first kappa shape index (κ1) is 14.0. The Hall–Kier alpha value is -1.37. The van der Waals surface area contributed by atoms with Crippen molar-refractivity contribution in [3.05, 3.63) is 15.9 Å². The van der Waals surface area contributed by atoms with E-state index in [1.807, 2.05) is 14.0 Å². The van der Waals surface area contributed by atoms with E-state index in [0.717, 1.165) is 22.3 Å². The van der Waals surface area contributed by atoms with E-state index < -0.39 is 6.04 Å². The molecule has 1 aromatic heterocycles. The van der Waals surface area contributed by atoms with Crippen LogP contribution in [0.1, 0.15) is 25.2 Å². The summed E-state index contributed by atoms with van der Waals surface area (Å²) in [7, 11) is 1.84. The fourth-order valence-electron chi connectivity index (χ4n) is 2.18. The summed E-state index contributed by atoms with van der Waals surface area (Å²) in [5, 5.41) is 7.01. The topological polar surface area (TPSA) is 67.2 Å². The Kier molecular flexibility index (Phi) is 3.93. The van der Waals surface area contributed by atoms with E-state index in [2.05, 4.69) is 26.3 Å². The first-order valence-electron chi connectivity index (χ1n) is 6.22. The van der Waals surface area contributed by atoms with Crippen molar-refractivity contribution in [1.82, 2.24) is 20.0 Å². The van der Waals surface area contributed by atoms with Crippen LogP contribution in [0.2, 0.25) is 0 Å². The lowest BCUT2D eigenvalue weighted by Crippen LogP contribution is -2.56. The van der Waals surface area contributed by atoms with Crippen LogP contribution in [-0.2, 0) is 29.6 Å². The van der Waals surface area contributed by atoms with Gasteiger partial charge in [-0.15, -0.1) is 0 Å². The molecule has 1 N–H and O–H groups in total. The van der Waals surface area contributed by atoms with Gasteiger partial charge in [0.1, 0.15) is 12.6 Å². The minimum absolute atomic E-state index is 0.0641. The molecule has 1 fully saturated rings. The first-order valence-corrected chi connectivity index (χ1v) is 7.01. The van der Waals surface area contributed by atoms with Crippen LogP contribution >= 0.6 is 15.9 Å². The molecule has 7 heteroatoms. The summed E-state index contributed by atoms with van der Waals surface area (Å²) in [5.74, 6) is -0.188. The zero-order valence-corrected chi connectivity index (χ0v) is 12.8. The van der Waals surface area contributed by atoms with E-state index in [-0.39, 0.29) is 18.4 Å². The average Bonchev–Trinajstić information content (AvgIpc) is 2.62. The second kappa shape index (κ2) is 5.32. The van der Waals surface area contributed by atoms with Crippen molar-refractivity contribution in [2.45, 2.75) is 32.9 Å². The highest BCUT2D eigenvalue weighted by atomic mass is 79.9. The van der Waals surface area contributed by atoms with Crippen molar-refractivity contribution in [2.75, 3.05) is 6.54 Å². The van der Waals surface area contributed by atoms with E-state index in [0.29, 0.717) is 6.54 Å². The molecule has 0 aromatic carbocycles. The summed E-state index contributed by atoms with van der Waals surface area (Å²) in [4.78, 5) is 25.1. The lowest BCUT2D eigenvalue weighted by Gasteiger charge is -2.30. The molecule has 0 spiro atoms. The van der Waals surface area contributed by atoms with Crippen molar-refractivity contribution in [1.29, 1.82) is 0 Å². The molecule has 2 amide bonds. The van der Waals surface area contributed by atoms with E-state index in [4.69, 9.17) is 0 Å². The average molecular weight is 329 g/mol. The molecule has 0 radical (unpaired) electrons. The number of piperazine rings is 1. The van der Waals surface area contributed by atoms with Gasteiger partial charge in [-0.1, -0.05) is 6.92 Å². The normalized spacial score (nSPS) is 19.8. The molecule has 0 saturated carbocycles. The van der Waals surface area contributed by atoms with Crippen LogP contribution in [0.5, 0.6) is 0 Å². The van der Waals surface area contributed by atoms with E-state index >= 15 is 0 Å². The maximum atomic E-state index is 12.0. The fourth-order valence-corrected chi connectivity index (χ4v) is 2.92. The number of aromatic nitrogens is 2. The third-order valence-corrected chi connectivity index (χ3v) is 4.15. The van der Waals surface area contributed by atoms with Crippen molar-refractivity contribution in [3.8, 4) is 0 Å². The van der Waals surface area contributed by atoms with Gasteiger partial charge in [0.2, 0.25) is 11.8 Å². The summed E-state index contributed by atoms with van der Waals surface area (Å²) >= 11 is 3.52. The van der Waals surface area contributed by atoms with Crippen LogP contribution in [-0.4, -0.2) is 39.1 Å². The molecular formula is C12H17BrN4O2. The van der Waals surface area contributed by atoms with Crippen LogP contribution in [0, 0.1) is 0 Å². The molecule has 2 heterocycles. The van der Waals surface area contributed by atoms with Crippen LogP contribution in [0.25, 0.3) is 0 Å². The molecule has 0 bridgehead atoms. The van der Waals surface area contributed by atoms with Gasteiger partial charge < -0.3 is 10.2 Å². The molecular weight excluding hydrogens is 312 g/mol. The fraction of sp³-hybridized carbons (Fsp3) is 0.583. The number of hydrogen-bond acceptors (Lipinski definition) is 3. The third kappa shape index (κ3) is 2.65. The molecule has 1 saturated heterocycles. The van der Waals surface area contributed by atoms with Crippen molar-refractivity contribution >= 4 is 27.7 Å². The zero-order chi connectivity index (χ0) is 14.2. The van der Waals surface area contributed by atoms with Crippen LogP contribution < -0.4 is 5.32 Å². The Bertz CT molecular complexity index is 526. The summed E-state index contributed by atoms with van der Waals surface area (Å²) in [6.07, 6.45) is 0.819. The SMILES string of the molecule is CCc1nn(C)c(CN2CC(=O)NC(C)C2=O)c1Br. The molecule has 104 valence electrons. The number of hydrogen-bond donors (Lipinski definition) is 1. The smallest absolute Gasteiger partial charge is 0.245 e. The highest BCUT2D eigenvalue weighted by molar-refractivity contribution is 9.10. The number of halogens is 1. The monoisotopic (exact) mass is 328 g/mol. The Morgan fingerprint density at radius 3 is 2.74 bits per heavy atom. The highest BCUT2D eigenvalue weighted by Crippen LogP contribution is 2.23. The number of nitrogens with zero attached hydrogens (tertiary/aromatic N) is 3. The Morgan fingerprint density at radius 1 is 1.47 bits per heavy atom. The molecule has 6 nitrogen and oxygen atoms in total. The molecule has 19 heavy (non-hydrogen) atoms. The summed E-state index contributed by atoms with van der Waals surface area (Å²) < 4.78 is 2.68. The van der Waals surface area contributed by atoms with Gasteiger partial charge in [0.15, 0.2) is 0 Å². The molecule has 2 rings (SSSR count). The maximum absolute atomic E-state index is 12.0. The van der Waals surface area contributed by atoms with Crippen molar-refractivity contribution in [2.24, 2.45) is 7.05 Å². The molecule has 1 aromatic rings. The number of carbonyl (C=O) groups is 2. The van der Waals surface area contributed by atoms with Crippen LogP contribution in [0.3, 0.4) is 0 Å². The standard InChI is InChI=1S/C12H17BrN4O2/c1-4-8-11(13)9(16(3)15-8)5-17-6-10(18)14-7(2)12(17)19/h7H,4-6H2,1-3H3,(H,14,18). The predicted octanol–water partition coefficient (Wildman–Crippen LogP) is 0.592. The molecule has 1 aliphatic heterocycles. The van der Waals surface area contributed by atoms with Gasteiger partial charge in [-0.3, -0.25) is 14.3 Å². The summed E-state index contributed by atoms with van der Waals surface area (Å²) in [6.45, 7) is 4.21. The van der Waals surface area contributed by atoms with Crippen LogP contribution in [0.4, 0.5) is 0 Å². The number of carbonyl (C=O) groups excluding carboxylic acids is 2.